The van der Waals surface area contributed by atoms with Crippen LogP contribution in [0.4, 0.5) is 4.39 Å². The predicted molar refractivity (Wildman–Crippen MR) is 110 cm³/mol. The van der Waals surface area contributed by atoms with Crippen LogP contribution >= 0.6 is 0 Å². The van der Waals surface area contributed by atoms with Crippen LogP contribution in [-0.2, 0) is 0 Å². The second kappa shape index (κ2) is 7.98. The van der Waals surface area contributed by atoms with Crippen LogP contribution in [0, 0.1) is 5.82 Å². The van der Waals surface area contributed by atoms with Crippen molar-refractivity contribution in [3.63, 3.8) is 0 Å². The van der Waals surface area contributed by atoms with Crippen LogP contribution in [0.2, 0.25) is 0 Å². The Morgan fingerprint density at radius 2 is 1.83 bits per heavy atom. The number of amides is 1. The van der Waals surface area contributed by atoms with Gasteiger partial charge in [-0.1, -0.05) is 36.4 Å². The lowest BCUT2D eigenvalue weighted by Gasteiger charge is -2.09. The average Bonchev–Trinajstić information content (AvgIpc) is 3.21. The van der Waals surface area contributed by atoms with E-state index in [-0.39, 0.29) is 5.82 Å². The molecule has 0 bridgehead atoms. The Kier molecular flexibility index (Phi) is 5.07. The Bertz CT molecular complexity index is 1210. The first kappa shape index (κ1) is 18.4. The molecular formula is C23H17FN2O3. The van der Waals surface area contributed by atoms with E-state index >= 15 is 0 Å². The summed E-state index contributed by atoms with van der Waals surface area (Å²) in [5.74, 6) is 0.651. The number of furan rings is 1. The molecule has 0 unspecified atom stereocenters. The van der Waals surface area contributed by atoms with Crippen LogP contribution in [0.15, 0.2) is 82.3 Å². The Labute approximate surface area is 166 Å². The highest BCUT2D eigenvalue weighted by atomic mass is 19.1. The molecule has 6 heteroatoms. The molecule has 1 N–H and O–H groups in total. The molecule has 1 amide bonds. The topological polar surface area (TPSA) is 63.8 Å². The number of hydrogen-bond donors (Lipinski definition) is 1. The maximum absolute atomic E-state index is 13.3. The van der Waals surface area contributed by atoms with Gasteiger partial charge in [0, 0.05) is 5.56 Å². The quantitative estimate of drug-likeness (QED) is 0.386. The number of rotatable bonds is 5. The Morgan fingerprint density at radius 1 is 1.03 bits per heavy atom. The van der Waals surface area contributed by atoms with Crippen molar-refractivity contribution in [3.05, 3.63) is 89.9 Å². The van der Waals surface area contributed by atoms with Crippen LogP contribution in [0.1, 0.15) is 16.1 Å². The Balaban J connectivity index is 1.50. The zero-order valence-corrected chi connectivity index (χ0v) is 15.6. The van der Waals surface area contributed by atoms with Gasteiger partial charge in [0.15, 0.2) is 0 Å². The van der Waals surface area contributed by atoms with E-state index in [4.69, 9.17) is 9.15 Å². The van der Waals surface area contributed by atoms with E-state index in [0.717, 1.165) is 10.8 Å². The molecule has 0 aliphatic carbocycles. The average molecular weight is 388 g/mol. The minimum Gasteiger partial charge on any atom is -0.496 e. The number of ether oxygens (including phenoxy) is 1. The molecule has 0 aliphatic rings. The Hall–Kier alpha value is -3.93. The van der Waals surface area contributed by atoms with Crippen molar-refractivity contribution in [2.75, 3.05) is 7.11 Å². The van der Waals surface area contributed by atoms with Gasteiger partial charge in [0.25, 0.3) is 5.91 Å². The van der Waals surface area contributed by atoms with E-state index in [1.807, 2.05) is 30.3 Å². The summed E-state index contributed by atoms with van der Waals surface area (Å²) in [7, 11) is 1.51. The van der Waals surface area contributed by atoms with Crippen molar-refractivity contribution in [3.8, 4) is 17.1 Å². The molecule has 3 aromatic carbocycles. The third-order valence-corrected chi connectivity index (χ3v) is 4.41. The predicted octanol–water partition coefficient (Wildman–Crippen LogP) is 5.01. The molecule has 0 radical (unpaired) electrons. The van der Waals surface area contributed by atoms with Gasteiger partial charge in [-0.3, -0.25) is 4.79 Å². The second-order valence-electron chi connectivity index (χ2n) is 6.31. The van der Waals surface area contributed by atoms with Crippen molar-refractivity contribution in [2.45, 2.75) is 0 Å². The maximum Gasteiger partial charge on any atom is 0.275 e. The number of carbonyl (C=O) groups is 1. The number of hydrogen-bond acceptors (Lipinski definition) is 4. The molecular weight excluding hydrogens is 371 g/mol. The summed E-state index contributed by atoms with van der Waals surface area (Å²) in [5, 5.41) is 5.85. The first-order valence-electron chi connectivity index (χ1n) is 8.90. The number of nitrogens with zero attached hydrogens (tertiary/aromatic N) is 1. The van der Waals surface area contributed by atoms with Gasteiger partial charge in [-0.05, 0) is 47.2 Å². The molecule has 0 saturated heterocycles. The van der Waals surface area contributed by atoms with Gasteiger partial charge in [-0.25, -0.2) is 9.82 Å². The van der Waals surface area contributed by atoms with Gasteiger partial charge in [-0.15, -0.1) is 0 Å². The van der Waals surface area contributed by atoms with Crippen molar-refractivity contribution < 1.29 is 18.3 Å². The third kappa shape index (κ3) is 4.01. The van der Waals surface area contributed by atoms with E-state index < -0.39 is 5.91 Å². The van der Waals surface area contributed by atoms with E-state index in [0.29, 0.717) is 28.4 Å². The Morgan fingerprint density at radius 3 is 2.59 bits per heavy atom. The molecule has 1 aromatic heterocycles. The van der Waals surface area contributed by atoms with Gasteiger partial charge in [0.05, 0.1) is 18.9 Å². The van der Waals surface area contributed by atoms with Crippen LogP contribution in [0.25, 0.3) is 22.1 Å². The summed E-state index contributed by atoms with van der Waals surface area (Å²) in [6.07, 6.45) is 1.38. The summed E-state index contributed by atoms with van der Waals surface area (Å²) >= 11 is 0. The largest absolute Gasteiger partial charge is 0.496 e. The SMILES string of the molecule is COc1cc2ccccc2cc1C(=O)NN=Cc1ccc(-c2cccc(F)c2)o1. The molecule has 144 valence electrons. The van der Waals surface area contributed by atoms with Crippen molar-refractivity contribution in [2.24, 2.45) is 5.10 Å². The number of hydrazone groups is 1. The number of benzene rings is 3. The highest BCUT2D eigenvalue weighted by Crippen LogP contribution is 2.26. The lowest BCUT2D eigenvalue weighted by molar-refractivity contribution is 0.0952. The van der Waals surface area contributed by atoms with E-state index in [1.54, 1.807) is 30.3 Å². The van der Waals surface area contributed by atoms with Crippen LogP contribution in [0.3, 0.4) is 0 Å². The van der Waals surface area contributed by atoms with Gasteiger partial charge in [0.2, 0.25) is 0 Å². The standard InChI is InChI=1S/C23H17FN2O3/c1-28-22-13-16-6-3-2-5-15(16)12-20(22)23(27)26-25-14-19-9-10-21(29-19)17-7-4-8-18(24)11-17/h2-14H,1H3,(H,26,27). The molecule has 0 aliphatic heterocycles. The summed E-state index contributed by atoms with van der Waals surface area (Å²) in [5.41, 5.74) is 3.47. The first-order valence-corrected chi connectivity index (χ1v) is 8.90. The fourth-order valence-corrected chi connectivity index (χ4v) is 3.00. The van der Waals surface area contributed by atoms with E-state index in [9.17, 15) is 9.18 Å². The first-order chi connectivity index (χ1) is 14.1. The summed E-state index contributed by atoms with van der Waals surface area (Å²) in [4.78, 5) is 12.5. The van der Waals surface area contributed by atoms with Gasteiger partial charge in [0.1, 0.15) is 23.1 Å². The third-order valence-electron chi connectivity index (χ3n) is 4.41. The molecule has 29 heavy (non-hydrogen) atoms. The molecule has 4 aromatic rings. The minimum atomic E-state index is -0.402. The highest BCUT2D eigenvalue weighted by molar-refractivity contribution is 6.01. The molecule has 1 heterocycles. The van der Waals surface area contributed by atoms with Crippen LogP contribution in [-0.4, -0.2) is 19.2 Å². The molecule has 0 spiro atoms. The van der Waals surface area contributed by atoms with Crippen molar-refractivity contribution in [1.82, 2.24) is 5.43 Å². The van der Waals surface area contributed by atoms with Crippen molar-refractivity contribution in [1.29, 1.82) is 0 Å². The number of halogens is 1. The van der Waals surface area contributed by atoms with Gasteiger partial charge in [-0.2, -0.15) is 5.10 Å². The smallest absolute Gasteiger partial charge is 0.275 e. The molecule has 0 atom stereocenters. The van der Waals surface area contributed by atoms with E-state index in [1.165, 1.54) is 25.5 Å². The lowest BCUT2D eigenvalue weighted by Crippen LogP contribution is -2.18. The zero-order chi connectivity index (χ0) is 20.2. The molecule has 0 saturated carbocycles. The maximum atomic E-state index is 13.3. The second-order valence-corrected chi connectivity index (χ2v) is 6.31. The molecule has 4 rings (SSSR count). The van der Waals surface area contributed by atoms with Gasteiger partial charge < -0.3 is 9.15 Å². The minimum absolute atomic E-state index is 0.342. The fraction of sp³-hybridized carbons (Fsp3) is 0.0435. The zero-order valence-electron chi connectivity index (χ0n) is 15.6. The fourth-order valence-electron chi connectivity index (χ4n) is 3.00. The van der Waals surface area contributed by atoms with E-state index in [2.05, 4.69) is 10.5 Å². The number of methoxy groups -OCH3 is 1. The van der Waals surface area contributed by atoms with Crippen LogP contribution < -0.4 is 10.2 Å². The normalized spacial score (nSPS) is 11.1. The monoisotopic (exact) mass is 388 g/mol. The number of fused-ring (bicyclic) bond motifs is 1. The summed E-state index contributed by atoms with van der Waals surface area (Å²) < 4.78 is 24.3. The number of carbonyl (C=O) groups excluding carboxylic acids is 1. The summed E-state index contributed by atoms with van der Waals surface area (Å²) in [6, 6.07) is 20.8. The highest BCUT2D eigenvalue weighted by Gasteiger charge is 2.13. The van der Waals surface area contributed by atoms with Gasteiger partial charge >= 0.3 is 0 Å². The lowest BCUT2D eigenvalue weighted by atomic mass is 10.1. The van der Waals surface area contributed by atoms with Crippen molar-refractivity contribution >= 4 is 22.9 Å². The number of nitrogens with one attached hydrogen (secondary N) is 1. The molecule has 0 fully saturated rings. The summed E-state index contributed by atoms with van der Waals surface area (Å²) in [6.45, 7) is 0. The molecule has 5 nitrogen and oxygen atoms in total. The van der Waals surface area contributed by atoms with Crippen LogP contribution in [0.5, 0.6) is 5.75 Å².